The summed E-state index contributed by atoms with van der Waals surface area (Å²) in [6, 6.07) is 0. The molecular weight excluding hydrogens is 188 g/mol. The van der Waals surface area contributed by atoms with Crippen LogP contribution in [0, 0.1) is 0 Å². The van der Waals surface area contributed by atoms with Crippen LogP contribution >= 0.6 is 11.8 Å². The number of rotatable bonds is 2. The van der Waals surface area contributed by atoms with E-state index < -0.39 is 14.7 Å². The molecule has 1 heterocycles. The molecule has 6 nitrogen and oxygen atoms in total. The molecule has 11 heavy (non-hydrogen) atoms. The smallest absolute Gasteiger partial charge is 0.236 e. The lowest BCUT2D eigenvalue weighted by molar-refractivity contribution is 0.523. The molecule has 1 aliphatic heterocycles. The molecule has 0 bridgehead atoms. The third-order valence-corrected chi connectivity index (χ3v) is 4.00. The minimum Gasteiger partial charge on any atom is -0.295 e. The van der Waals surface area contributed by atoms with Crippen LogP contribution in [-0.4, -0.2) is 25.7 Å². The van der Waals surface area contributed by atoms with Gasteiger partial charge in [-0.15, -0.1) is 0 Å². The van der Waals surface area contributed by atoms with Crippen molar-refractivity contribution in [3.8, 4) is 0 Å². The Morgan fingerprint density at radius 2 is 2.18 bits per heavy atom. The first kappa shape index (κ1) is 9.23. The number of primary sulfonamides is 1. The van der Waals surface area contributed by atoms with E-state index in [1.165, 1.54) is 11.8 Å². The summed E-state index contributed by atoms with van der Waals surface area (Å²) in [6.45, 7) is 0. The van der Waals surface area contributed by atoms with Gasteiger partial charge < -0.3 is 0 Å². The molecular formula is C3H10N4O2S2. The first-order chi connectivity index (χ1) is 5.04. The molecule has 0 spiro atoms. The van der Waals surface area contributed by atoms with Gasteiger partial charge in [0.05, 0.1) is 0 Å². The molecule has 0 aliphatic carbocycles. The summed E-state index contributed by atoms with van der Waals surface area (Å²) in [5.41, 5.74) is 5.13. The van der Waals surface area contributed by atoms with Crippen LogP contribution in [-0.2, 0) is 10.0 Å². The second-order valence-corrected chi connectivity index (χ2v) is 5.18. The Morgan fingerprint density at radius 3 is 2.45 bits per heavy atom. The highest BCUT2D eigenvalue weighted by atomic mass is 32.3. The lowest BCUT2D eigenvalue weighted by atomic mass is 11.0. The van der Waals surface area contributed by atoms with Crippen LogP contribution in [0.1, 0.15) is 0 Å². The molecule has 1 rings (SSSR count). The van der Waals surface area contributed by atoms with Gasteiger partial charge in [-0.05, 0) is 7.05 Å². The third-order valence-electron chi connectivity index (χ3n) is 1.15. The highest BCUT2D eigenvalue weighted by molar-refractivity contribution is 8.13. The van der Waals surface area contributed by atoms with Crippen molar-refractivity contribution in [2.75, 3.05) is 7.05 Å². The number of hydrazine groups is 1. The fourth-order valence-corrected chi connectivity index (χ4v) is 2.48. The van der Waals surface area contributed by atoms with Gasteiger partial charge in [0.1, 0.15) is 5.50 Å². The van der Waals surface area contributed by atoms with Crippen molar-refractivity contribution < 1.29 is 8.42 Å². The fourth-order valence-electron chi connectivity index (χ4n) is 0.635. The number of hydrogen-bond acceptors (Lipinski definition) is 6. The monoisotopic (exact) mass is 198 g/mol. The van der Waals surface area contributed by atoms with Gasteiger partial charge in [-0.3, -0.25) is 5.32 Å². The van der Waals surface area contributed by atoms with E-state index in [0.717, 1.165) is 0 Å². The molecule has 0 aromatic carbocycles. The van der Waals surface area contributed by atoms with Gasteiger partial charge in [-0.1, -0.05) is 11.8 Å². The quantitative estimate of drug-likeness (QED) is 0.406. The Balaban J connectivity index is 2.55. The van der Waals surface area contributed by atoms with Crippen molar-refractivity contribution in [1.82, 2.24) is 16.2 Å². The summed E-state index contributed by atoms with van der Waals surface area (Å²) in [4.78, 5) is 0. The summed E-state index contributed by atoms with van der Waals surface area (Å²) in [6.07, 6.45) is 0. The maximum Gasteiger partial charge on any atom is 0.236 e. The van der Waals surface area contributed by atoms with E-state index in [0.29, 0.717) is 0 Å². The number of thioether (sulfide) groups is 1. The van der Waals surface area contributed by atoms with Crippen LogP contribution in [0.15, 0.2) is 0 Å². The minimum atomic E-state index is -3.50. The first-order valence-corrected chi connectivity index (χ1v) is 5.44. The summed E-state index contributed by atoms with van der Waals surface area (Å²) in [7, 11) is -1.78. The van der Waals surface area contributed by atoms with Crippen LogP contribution in [0.5, 0.6) is 0 Å². The summed E-state index contributed by atoms with van der Waals surface area (Å²) >= 11 is 1.17. The molecule has 0 radical (unpaired) electrons. The van der Waals surface area contributed by atoms with Crippen molar-refractivity contribution in [2.24, 2.45) is 5.14 Å². The zero-order chi connectivity index (χ0) is 8.48. The third kappa shape index (κ3) is 2.29. The van der Waals surface area contributed by atoms with Crippen LogP contribution in [0.2, 0.25) is 0 Å². The molecule has 0 amide bonds. The summed E-state index contributed by atoms with van der Waals surface area (Å²) < 4.78 is 20.7. The summed E-state index contributed by atoms with van der Waals surface area (Å²) in [5, 5.41) is 7.71. The molecule has 66 valence electrons. The maximum atomic E-state index is 10.7. The van der Waals surface area contributed by atoms with Crippen molar-refractivity contribution in [3.63, 3.8) is 0 Å². The Labute approximate surface area is 69.3 Å². The highest BCUT2D eigenvalue weighted by Gasteiger charge is 2.31. The second kappa shape index (κ2) is 3.25. The second-order valence-electron chi connectivity index (χ2n) is 2.01. The van der Waals surface area contributed by atoms with Gasteiger partial charge in [-0.2, -0.15) is 0 Å². The Hall–Kier alpha value is 0.140. The first-order valence-electron chi connectivity index (χ1n) is 2.89. The fraction of sp³-hybridized carbons (Fsp3) is 1.00. The van der Waals surface area contributed by atoms with Gasteiger partial charge in [0.25, 0.3) is 0 Å². The normalized spacial score (nSPS) is 32.5. The van der Waals surface area contributed by atoms with E-state index in [9.17, 15) is 8.42 Å². The van der Waals surface area contributed by atoms with Crippen molar-refractivity contribution in [1.29, 1.82) is 0 Å². The average Bonchev–Trinajstić information content (AvgIpc) is 2.32. The summed E-state index contributed by atoms with van der Waals surface area (Å²) in [5.74, 6) is 0. The van der Waals surface area contributed by atoms with Crippen LogP contribution < -0.4 is 21.3 Å². The van der Waals surface area contributed by atoms with E-state index in [1.54, 1.807) is 7.05 Å². The van der Waals surface area contributed by atoms with Crippen molar-refractivity contribution in [2.45, 2.75) is 10.2 Å². The van der Waals surface area contributed by atoms with Gasteiger partial charge in [0.15, 0.2) is 4.71 Å². The molecule has 8 heteroatoms. The Bertz CT molecular complexity index is 227. The maximum absolute atomic E-state index is 10.7. The van der Waals surface area contributed by atoms with Crippen molar-refractivity contribution in [3.05, 3.63) is 0 Å². The molecule has 1 aliphatic rings. The van der Waals surface area contributed by atoms with Crippen molar-refractivity contribution >= 4 is 21.8 Å². The largest absolute Gasteiger partial charge is 0.295 e. The Morgan fingerprint density at radius 1 is 1.55 bits per heavy atom. The van der Waals surface area contributed by atoms with Gasteiger partial charge in [0, 0.05) is 0 Å². The van der Waals surface area contributed by atoms with E-state index in [-0.39, 0.29) is 5.50 Å². The number of sulfonamides is 1. The predicted molar refractivity (Wildman–Crippen MR) is 43.6 cm³/mol. The zero-order valence-corrected chi connectivity index (χ0v) is 7.50. The molecule has 0 unspecified atom stereocenters. The average molecular weight is 198 g/mol. The molecule has 0 aromatic rings. The molecule has 0 aromatic heterocycles. The standard InChI is InChI=1S/C3H10N4O2S2/c1-5-2-6-7-3(10-2)11(4,8)9/h2-3,5-7H,1H3,(H2,4,8,9)/t2-,3-/m0/s1. The van der Waals surface area contributed by atoms with E-state index in [2.05, 4.69) is 16.2 Å². The lowest BCUT2D eigenvalue weighted by Gasteiger charge is -2.04. The van der Waals surface area contributed by atoms with E-state index in [4.69, 9.17) is 5.14 Å². The van der Waals surface area contributed by atoms with Gasteiger partial charge in [0.2, 0.25) is 10.0 Å². The minimum absolute atomic E-state index is 0.113. The molecule has 2 atom stereocenters. The number of hydrogen-bond donors (Lipinski definition) is 4. The van der Waals surface area contributed by atoms with Gasteiger partial charge >= 0.3 is 0 Å². The molecule has 1 fully saturated rings. The van der Waals surface area contributed by atoms with Crippen LogP contribution in [0.25, 0.3) is 0 Å². The number of nitrogens with one attached hydrogen (secondary N) is 3. The van der Waals surface area contributed by atoms with E-state index >= 15 is 0 Å². The number of nitrogens with two attached hydrogens (primary N) is 1. The molecule has 5 N–H and O–H groups in total. The predicted octanol–water partition coefficient (Wildman–Crippen LogP) is -2.10. The van der Waals surface area contributed by atoms with Gasteiger partial charge in [-0.25, -0.2) is 24.4 Å². The van der Waals surface area contributed by atoms with Crippen LogP contribution in [0.4, 0.5) is 0 Å². The Kier molecular flexibility index (Phi) is 2.73. The van der Waals surface area contributed by atoms with E-state index in [1.807, 2.05) is 0 Å². The molecule has 1 saturated heterocycles. The molecule has 0 saturated carbocycles. The lowest BCUT2D eigenvalue weighted by Crippen LogP contribution is -2.42. The highest BCUT2D eigenvalue weighted by Crippen LogP contribution is 2.19. The SMILES string of the molecule is CN[C@H]1NN[C@H](S(N)(=O)=O)S1. The van der Waals surface area contributed by atoms with Crippen LogP contribution in [0.3, 0.4) is 0 Å². The topological polar surface area (TPSA) is 96.2 Å². The zero-order valence-electron chi connectivity index (χ0n) is 5.87.